The van der Waals surface area contributed by atoms with Crippen LogP contribution in [0.1, 0.15) is 29.6 Å². The number of benzene rings is 1. The zero-order chi connectivity index (χ0) is 11.5. The normalized spacial score (nSPS) is 15.3. The molecule has 4 heteroatoms. The van der Waals surface area contributed by atoms with Gasteiger partial charge in [-0.1, -0.05) is 0 Å². The number of nitrogens with two attached hydrogens (primary N) is 1. The van der Waals surface area contributed by atoms with Crippen LogP contribution in [0.4, 0.5) is 11.4 Å². The topological polar surface area (TPSA) is 67.2 Å². The number of carbonyl (C=O) groups excluding carboxylic acids is 1. The monoisotopic (exact) mass is 219 g/mol. The molecule has 2 rings (SSSR count). The van der Waals surface area contributed by atoms with Crippen LogP contribution in [0.5, 0.6) is 0 Å². The van der Waals surface area contributed by atoms with Crippen molar-refractivity contribution in [1.82, 2.24) is 5.32 Å². The Balaban J connectivity index is 2.24. The highest BCUT2D eigenvalue weighted by Gasteiger charge is 2.19. The van der Waals surface area contributed by atoms with Gasteiger partial charge in [0.2, 0.25) is 0 Å². The molecule has 1 aromatic carbocycles. The third-order valence-electron chi connectivity index (χ3n) is 2.98. The molecule has 1 aromatic rings. The molecule has 0 heterocycles. The fraction of sp³-hybridized carbons (Fsp3) is 0.417. The first-order chi connectivity index (χ1) is 7.70. The Labute approximate surface area is 95.2 Å². The Morgan fingerprint density at radius 1 is 1.44 bits per heavy atom. The van der Waals surface area contributed by atoms with Crippen molar-refractivity contribution in [3.63, 3.8) is 0 Å². The summed E-state index contributed by atoms with van der Waals surface area (Å²) >= 11 is 0. The molecule has 1 aliphatic rings. The number of nitrogen functional groups attached to an aromatic ring is 1. The van der Waals surface area contributed by atoms with Crippen LogP contribution in [0, 0.1) is 0 Å². The van der Waals surface area contributed by atoms with E-state index in [9.17, 15) is 4.79 Å². The highest BCUT2D eigenvalue weighted by Crippen LogP contribution is 2.26. The van der Waals surface area contributed by atoms with Crippen molar-refractivity contribution in [3.8, 4) is 0 Å². The Kier molecular flexibility index (Phi) is 2.99. The first kappa shape index (κ1) is 10.8. The maximum atomic E-state index is 11.6. The van der Waals surface area contributed by atoms with Gasteiger partial charge in [-0.25, -0.2) is 0 Å². The third-order valence-corrected chi connectivity index (χ3v) is 2.98. The second kappa shape index (κ2) is 4.43. The van der Waals surface area contributed by atoms with Gasteiger partial charge in [0, 0.05) is 24.5 Å². The summed E-state index contributed by atoms with van der Waals surface area (Å²) in [7, 11) is 1.63. The average Bonchev–Trinajstić information content (AvgIpc) is 2.22. The van der Waals surface area contributed by atoms with Gasteiger partial charge in [-0.3, -0.25) is 4.79 Å². The standard InChI is InChI=1S/C12H17N3O/c1-14-12(16)10-6-5-8(13)7-11(10)15-9-3-2-4-9/h5-7,9,15H,2-4,13H2,1H3,(H,14,16). The Hall–Kier alpha value is -1.71. The van der Waals surface area contributed by atoms with E-state index in [1.165, 1.54) is 19.3 Å². The van der Waals surface area contributed by atoms with Gasteiger partial charge in [0.1, 0.15) is 0 Å². The number of carbonyl (C=O) groups is 1. The minimum atomic E-state index is -0.0816. The van der Waals surface area contributed by atoms with E-state index in [4.69, 9.17) is 5.73 Å². The van der Waals surface area contributed by atoms with Crippen LogP contribution in [0.25, 0.3) is 0 Å². The molecule has 0 spiro atoms. The van der Waals surface area contributed by atoms with E-state index in [-0.39, 0.29) is 5.91 Å². The summed E-state index contributed by atoms with van der Waals surface area (Å²) in [6, 6.07) is 5.82. The first-order valence-corrected chi connectivity index (χ1v) is 5.59. The summed E-state index contributed by atoms with van der Waals surface area (Å²) < 4.78 is 0. The average molecular weight is 219 g/mol. The van der Waals surface area contributed by atoms with Crippen LogP contribution in [-0.4, -0.2) is 19.0 Å². The Morgan fingerprint density at radius 2 is 2.19 bits per heavy atom. The molecule has 1 fully saturated rings. The van der Waals surface area contributed by atoms with Crippen molar-refractivity contribution in [2.45, 2.75) is 25.3 Å². The predicted molar refractivity (Wildman–Crippen MR) is 65.5 cm³/mol. The summed E-state index contributed by atoms with van der Waals surface area (Å²) in [5.74, 6) is -0.0816. The second-order valence-electron chi connectivity index (χ2n) is 4.16. The Bertz CT molecular complexity index is 399. The van der Waals surface area contributed by atoms with Gasteiger partial charge < -0.3 is 16.4 Å². The Morgan fingerprint density at radius 3 is 2.75 bits per heavy atom. The summed E-state index contributed by atoms with van der Waals surface area (Å²) in [6.45, 7) is 0. The van der Waals surface area contributed by atoms with Crippen LogP contribution >= 0.6 is 0 Å². The fourth-order valence-corrected chi connectivity index (χ4v) is 1.79. The van der Waals surface area contributed by atoms with Crippen molar-refractivity contribution in [1.29, 1.82) is 0 Å². The first-order valence-electron chi connectivity index (χ1n) is 5.59. The molecule has 0 unspecified atom stereocenters. The lowest BCUT2D eigenvalue weighted by Crippen LogP contribution is -2.29. The number of anilines is 2. The number of hydrogen-bond acceptors (Lipinski definition) is 3. The van der Waals surface area contributed by atoms with Crippen LogP contribution in [0.3, 0.4) is 0 Å². The number of amides is 1. The molecule has 1 amide bonds. The van der Waals surface area contributed by atoms with Gasteiger partial charge in [-0.2, -0.15) is 0 Å². The van der Waals surface area contributed by atoms with E-state index in [1.54, 1.807) is 19.2 Å². The highest BCUT2D eigenvalue weighted by atomic mass is 16.1. The van der Waals surface area contributed by atoms with E-state index in [0.717, 1.165) is 5.69 Å². The molecule has 16 heavy (non-hydrogen) atoms. The molecule has 0 atom stereocenters. The fourth-order valence-electron chi connectivity index (χ4n) is 1.79. The lowest BCUT2D eigenvalue weighted by molar-refractivity contribution is 0.0964. The van der Waals surface area contributed by atoms with Crippen molar-refractivity contribution in [2.75, 3.05) is 18.1 Å². The molecule has 4 nitrogen and oxygen atoms in total. The van der Waals surface area contributed by atoms with Crippen LogP contribution in [-0.2, 0) is 0 Å². The maximum Gasteiger partial charge on any atom is 0.253 e. The molecule has 86 valence electrons. The van der Waals surface area contributed by atoms with Crippen LogP contribution in [0.2, 0.25) is 0 Å². The predicted octanol–water partition coefficient (Wildman–Crippen LogP) is 1.59. The molecule has 4 N–H and O–H groups in total. The molecule has 0 bridgehead atoms. The minimum absolute atomic E-state index is 0.0816. The lowest BCUT2D eigenvalue weighted by atomic mass is 9.92. The number of nitrogens with one attached hydrogen (secondary N) is 2. The summed E-state index contributed by atoms with van der Waals surface area (Å²) in [4.78, 5) is 11.6. The SMILES string of the molecule is CNC(=O)c1ccc(N)cc1NC1CCC1. The van der Waals surface area contributed by atoms with Crippen molar-refractivity contribution in [2.24, 2.45) is 0 Å². The van der Waals surface area contributed by atoms with E-state index >= 15 is 0 Å². The molecule has 1 saturated carbocycles. The molecule has 0 aliphatic heterocycles. The lowest BCUT2D eigenvalue weighted by Gasteiger charge is -2.28. The van der Waals surface area contributed by atoms with Crippen molar-refractivity contribution < 1.29 is 4.79 Å². The third kappa shape index (κ3) is 2.10. The highest BCUT2D eigenvalue weighted by molar-refractivity contribution is 6.00. The second-order valence-corrected chi connectivity index (χ2v) is 4.16. The largest absolute Gasteiger partial charge is 0.399 e. The molecule has 0 aromatic heterocycles. The van der Waals surface area contributed by atoms with Crippen LogP contribution < -0.4 is 16.4 Å². The zero-order valence-corrected chi connectivity index (χ0v) is 9.42. The van der Waals surface area contributed by atoms with Gasteiger partial charge in [-0.05, 0) is 37.5 Å². The van der Waals surface area contributed by atoms with Gasteiger partial charge in [0.05, 0.1) is 5.56 Å². The van der Waals surface area contributed by atoms with Crippen molar-refractivity contribution >= 4 is 17.3 Å². The van der Waals surface area contributed by atoms with Gasteiger partial charge in [0.15, 0.2) is 0 Å². The maximum absolute atomic E-state index is 11.6. The van der Waals surface area contributed by atoms with Crippen LogP contribution in [0.15, 0.2) is 18.2 Å². The molecule has 0 radical (unpaired) electrons. The van der Waals surface area contributed by atoms with E-state index < -0.39 is 0 Å². The molecule has 0 saturated heterocycles. The molecule has 1 aliphatic carbocycles. The molecular weight excluding hydrogens is 202 g/mol. The van der Waals surface area contributed by atoms with E-state index in [1.807, 2.05) is 6.07 Å². The number of rotatable bonds is 3. The summed E-state index contributed by atoms with van der Waals surface area (Å²) in [5.41, 5.74) is 7.90. The number of hydrogen-bond donors (Lipinski definition) is 3. The van der Waals surface area contributed by atoms with Gasteiger partial charge >= 0.3 is 0 Å². The summed E-state index contributed by atoms with van der Waals surface area (Å²) in [5, 5.41) is 5.99. The van der Waals surface area contributed by atoms with Gasteiger partial charge in [0.25, 0.3) is 5.91 Å². The van der Waals surface area contributed by atoms with Crippen molar-refractivity contribution in [3.05, 3.63) is 23.8 Å². The molecular formula is C12H17N3O. The minimum Gasteiger partial charge on any atom is -0.399 e. The van der Waals surface area contributed by atoms with Gasteiger partial charge in [-0.15, -0.1) is 0 Å². The smallest absolute Gasteiger partial charge is 0.253 e. The quantitative estimate of drug-likeness (QED) is 0.676. The zero-order valence-electron chi connectivity index (χ0n) is 9.42. The summed E-state index contributed by atoms with van der Waals surface area (Å²) in [6.07, 6.45) is 3.60. The van der Waals surface area contributed by atoms with E-state index in [0.29, 0.717) is 17.3 Å². The van der Waals surface area contributed by atoms with E-state index in [2.05, 4.69) is 10.6 Å².